The zero-order valence-corrected chi connectivity index (χ0v) is 10.7. The number of carbonyl (C=O) groups is 1. The summed E-state index contributed by atoms with van der Waals surface area (Å²) in [5.74, 6) is -0.323. The molecule has 1 atom stereocenters. The molecule has 0 spiro atoms. The molecule has 0 saturated heterocycles. The summed E-state index contributed by atoms with van der Waals surface area (Å²) in [5.41, 5.74) is 13.5. The van der Waals surface area contributed by atoms with Crippen molar-refractivity contribution in [2.45, 2.75) is 25.4 Å². The SMILES string of the molecule is NC(=O)CCn1cncc1[C@H](N)Cc1ccccc1. The lowest BCUT2D eigenvalue weighted by molar-refractivity contribution is -0.118. The van der Waals surface area contributed by atoms with Crippen LogP contribution in [0, 0.1) is 0 Å². The summed E-state index contributed by atoms with van der Waals surface area (Å²) in [4.78, 5) is 14.9. The lowest BCUT2D eigenvalue weighted by Crippen LogP contribution is -2.20. The largest absolute Gasteiger partial charge is 0.370 e. The van der Waals surface area contributed by atoms with E-state index < -0.39 is 0 Å². The Morgan fingerprint density at radius 1 is 1.32 bits per heavy atom. The van der Waals surface area contributed by atoms with Crippen molar-refractivity contribution in [3.63, 3.8) is 0 Å². The third-order valence-electron chi connectivity index (χ3n) is 3.02. The molecule has 0 bridgehead atoms. The minimum atomic E-state index is -0.323. The molecule has 2 rings (SSSR count). The summed E-state index contributed by atoms with van der Waals surface area (Å²) in [5, 5.41) is 0. The number of benzene rings is 1. The van der Waals surface area contributed by atoms with E-state index in [1.807, 2.05) is 34.9 Å². The summed E-state index contributed by atoms with van der Waals surface area (Å²) in [7, 11) is 0. The Balaban J connectivity index is 2.05. The summed E-state index contributed by atoms with van der Waals surface area (Å²) >= 11 is 0. The Morgan fingerprint density at radius 2 is 2.05 bits per heavy atom. The van der Waals surface area contributed by atoms with Gasteiger partial charge in [-0.2, -0.15) is 0 Å². The second-order valence-corrected chi connectivity index (χ2v) is 4.52. The van der Waals surface area contributed by atoms with E-state index in [-0.39, 0.29) is 11.9 Å². The maximum absolute atomic E-state index is 10.8. The molecule has 1 aromatic carbocycles. The number of rotatable bonds is 6. The number of amides is 1. The first-order valence-corrected chi connectivity index (χ1v) is 6.24. The van der Waals surface area contributed by atoms with Crippen molar-refractivity contribution in [3.8, 4) is 0 Å². The summed E-state index contributed by atoms with van der Waals surface area (Å²) in [6.07, 6.45) is 4.46. The van der Waals surface area contributed by atoms with Crippen LogP contribution in [0.3, 0.4) is 0 Å². The van der Waals surface area contributed by atoms with E-state index in [0.717, 1.165) is 12.1 Å². The lowest BCUT2D eigenvalue weighted by Gasteiger charge is -2.14. The van der Waals surface area contributed by atoms with Gasteiger partial charge in [0.2, 0.25) is 5.91 Å². The molecular formula is C14H18N4O. The van der Waals surface area contributed by atoms with Crippen molar-refractivity contribution in [1.29, 1.82) is 0 Å². The number of carbonyl (C=O) groups excluding carboxylic acids is 1. The van der Waals surface area contributed by atoms with Gasteiger partial charge in [-0.1, -0.05) is 30.3 Å². The molecule has 1 aromatic heterocycles. The highest BCUT2D eigenvalue weighted by molar-refractivity contribution is 5.73. The average molecular weight is 258 g/mol. The molecule has 100 valence electrons. The molecule has 0 fully saturated rings. The number of hydrogen-bond acceptors (Lipinski definition) is 3. The van der Waals surface area contributed by atoms with Gasteiger partial charge in [-0.3, -0.25) is 4.79 Å². The van der Waals surface area contributed by atoms with E-state index in [4.69, 9.17) is 11.5 Å². The highest BCUT2D eigenvalue weighted by Crippen LogP contribution is 2.16. The number of imidazole rings is 1. The van der Waals surface area contributed by atoms with E-state index in [9.17, 15) is 4.79 Å². The molecule has 5 nitrogen and oxygen atoms in total. The van der Waals surface area contributed by atoms with E-state index in [1.54, 1.807) is 12.5 Å². The number of nitrogens with zero attached hydrogens (tertiary/aromatic N) is 2. The van der Waals surface area contributed by atoms with Crippen molar-refractivity contribution in [2.75, 3.05) is 0 Å². The fourth-order valence-corrected chi connectivity index (χ4v) is 2.03. The Hall–Kier alpha value is -2.14. The van der Waals surface area contributed by atoms with Crippen molar-refractivity contribution < 1.29 is 4.79 Å². The van der Waals surface area contributed by atoms with Crippen LogP contribution in [0.15, 0.2) is 42.9 Å². The standard InChI is InChI=1S/C14H18N4O/c15-12(8-11-4-2-1-3-5-11)13-9-17-10-18(13)7-6-14(16)19/h1-5,9-10,12H,6-8,15H2,(H2,16,19)/t12-/m1/s1. The summed E-state index contributed by atoms with van der Waals surface area (Å²) < 4.78 is 1.89. The first-order chi connectivity index (χ1) is 9.16. The van der Waals surface area contributed by atoms with Crippen molar-refractivity contribution in [1.82, 2.24) is 9.55 Å². The minimum absolute atomic E-state index is 0.141. The van der Waals surface area contributed by atoms with E-state index >= 15 is 0 Å². The van der Waals surface area contributed by atoms with Crippen LogP contribution in [0.5, 0.6) is 0 Å². The van der Waals surface area contributed by atoms with Gasteiger partial charge in [0.05, 0.1) is 18.1 Å². The van der Waals surface area contributed by atoms with Crippen LogP contribution in [-0.4, -0.2) is 15.5 Å². The number of primary amides is 1. The van der Waals surface area contributed by atoms with E-state index in [1.165, 1.54) is 5.56 Å². The molecule has 5 heteroatoms. The van der Waals surface area contributed by atoms with Gasteiger partial charge < -0.3 is 16.0 Å². The second kappa shape index (κ2) is 6.15. The number of nitrogens with two attached hydrogens (primary N) is 2. The van der Waals surface area contributed by atoms with Crippen LogP contribution < -0.4 is 11.5 Å². The van der Waals surface area contributed by atoms with E-state index in [2.05, 4.69) is 4.98 Å². The first-order valence-electron chi connectivity index (χ1n) is 6.24. The Kier molecular flexibility index (Phi) is 4.30. The van der Waals surface area contributed by atoms with Gasteiger partial charge in [-0.15, -0.1) is 0 Å². The number of aromatic nitrogens is 2. The molecule has 0 unspecified atom stereocenters. The third kappa shape index (κ3) is 3.66. The van der Waals surface area contributed by atoms with Gasteiger partial charge in [0.25, 0.3) is 0 Å². The van der Waals surface area contributed by atoms with Gasteiger partial charge in [-0.05, 0) is 12.0 Å². The quantitative estimate of drug-likeness (QED) is 0.810. The molecule has 0 saturated carbocycles. The van der Waals surface area contributed by atoms with Crippen molar-refractivity contribution in [3.05, 3.63) is 54.1 Å². The van der Waals surface area contributed by atoms with Crippen LogP contribution >= 0.6 is 0 Å². The molecule has 4 N–H and O–H groups in total. The molecule has 0 radical (unpaired) electrons. The van der Waals surface area contributed by atoms with Crippen LogP contribution in [0.4, 0.5) is 0 Å². The molecule has 0 aliphatic rings. The fourth-order valence-electron chi connectivity index (χ4n) is 2.03. The van der Waals surface area contributed by atoms with Gasteiger partial charge in [-0.25, -0.2) is 4.98 Å². The fraction of sp³-hybridized carbons (Fsp3) is 0.286. The highest BCUT2D eigenvalue weighted by Gasteiger charge is 2.12. The van der Waals surface area contributed by atoms with Crippen LogP contribution in [-0.2, 0) is 17.8 Å². The molecule has 0 aliphatic carbocycles. The maximum Gasteiger partial charge on any atom is 0.219 e. The molecule has 1 heterocycles. The zero-order valence-electron chi connectivity index (χ0n) is 10.7. The predicted molar refractivity (Wildman–Crippen MR) is 73.1 cm³/mol. The Bertz CT molecular complexity index is 535. The van der Waals surface area contributed by atoms with Gasteiger partial charge in [0.15, 0.2) is 0 Å². The van der Waals surface area contributed by atoms with Gasteiger partial charge in [0.1, 0.15) is 0 Å². The third-order valence-corrected chi connectivity index (χ3v) is 3.02. The second-order valence-electron chi connectivity index (χ2n) is 4.52. The van der Waals surface area contributed by atoms with E-state index in [0.29, 0.717) is 13.0 Å². The van der Waals surface area contributed by atoms with Crippen molar-refractivity contribution >= 4 is 5.91 Å². The predicted octanol–water partition coefficient (Wildman–Crippen LogP) is 1.00. The molecule has 0 aliphatic heterocycles. The molecule has 19 heavy (non-hydrogen) atoms. The number of hydrogen-bond donors (Lipinski definition) is 2. The van der Waals surface area contributed by atoms with Crippen molar-refractivity contribution in [2.24, 2.45) is 11.5 Å². The first kappa shape index (κ1) is 13.3. The smallest absolute Gasteiger partial charge is 0.219 e. The molecular weight excluding hydrogens is 240 g/mol. The zero-order chi connectivity index (χ0) is 13.7. The van der Waals surface area contributed by atoms with Crippen LogP contribution in [0.1, 0.15) is 23.7 Å². The lowest BCUT2D eigenvalue weighted by atomic mass is 10.0. The summed E-state index contributed by atoms with van der Waals surface area (Å²) in [6.45, 7) is 0.521. The van der Waals surface area contributed by atoms with Gasteiger partial charge in [0, 0.05) is 19.2 Å². The monoisotopic (exact) mass is 258 g/mol. The topological polar surface area (TPSA) is 86.9 Å². The normalized spacial score (nSPS) is 12.3. The highest BCUT2D eigenvalue weighted by atomic mass is 16.1. The summed E-state index contributed by atoms with van der Waals surface area (Å²) in [6, 6.07) is 9.91. The minimum Gasteiger partial charge on any atom is -0.370 e. The average Bonchev–Trinajstić information content (AvgIpc) is 2.86. The Morgan fingerprint density at radius 3 is 2.74 bits per heavy atom. The van der Waals surface area contributed by atoms with Gasteiger partial charge >= 0.3 is 0 Å². The maximum atomic E-state index is 10.8. The number of aryl methyl sites for hydroxylation is 1. The molecule has 2 aromatic rings. The van der Waals surface area contributed by atoms with Crippen LogP contribution in [0.2, 0.25) is 0 Å². The Labute approximate surface area is 112 Å². The van der Waals surface area contributed by atoms with Crippen LogP contribution in [0.25, 0.3) is 0 Å². The molecule has 1 amide bonds.